The van der Waals surface area contributed by atoms with Crippen molar-refractivity contribution < 1.29 is 24.2 Å². The molecule has 0 aromatic heterocycles. The van der Waals surface area contributed by atoms with Crippen molar-refractivity contribution in [2.75, 3.05) is 13.2 Å². The Labute approximate surface area is 265 Å². The Morgan fingerprint density at radius 3 is 1.53 bits per heavy atom. The van der Waals surface area contributed by atoms with Gasteiger partial charge in [0.2, 0.25) is 0 Å². The first kappa shape index (κ1) is 40.9. The number of unbranched alkanes of at least 4 members (excludes halogenated alkanes) is 15. The molecule has 0 aromatic carbocycles. The van der Waals surface area contributed by atoms with E-state index in [-0.39, 0.29) is 25.2 Å². The second-order valence-electron chi connectivity index (χ2n) is 11.6. The maximum absolute atomic E-state index is 12.1. The molecule has 0 rings (SSSR count). The highest BCUT2D eigenvalue weighted by Gasteiger charge is 2.16. The van der Waals surface area contributed by atoms with Crippen LogP contribution in [0.3, 0.4) is 0 Å². The number of esters is 2. The fourth-order valence-electron chi connectivity index (χ4n) is 4.68. The molecule has 0 amide bonds. The summed E-state index contributed by atoms with van der Waals surface area (Å²) in [5.74, 6) is -0.624. The van der Waals surface area contributed by atoms with Gasteiger partial charge in [-0.2, -0.15) is 0 Å². The van der Waals surface area contributed by atoms with Crippen LogP contribution < -0.4 is 0 Å². The van der Waals surface area contributed by atoms with E-state index in [4.69, 9.17) is 9.47 Å². The Hall–Kier alpha value is -2.14. The molecule has 43 heavy (non-hydrogen) atoms. The van der Waals surface area contributed by atoms with Crippen LogP contribution in [0.5, 0.6) is 0 Å². The van der Waals surface area contributed by atoms with Crippen LogP contribution in [0.4, 0.5) is 0 Å². The topological polar surface area (TPSA) is 72.8 Å². The predicted molar refractivity (Wildman–Crippen MR) is 182 cm³/mol. The molecule has 0 saturated carbocycles. The Morgan fingerprint density at radius 1 is 0.558 bits per heavy atom. The van der Waals surface area contributed by atoms with E-state index in [1.54, 1.807) is 0 Å². The minimum Gasteiger partial charge on any atom is -0.462 e. The molecular weight excluding hydrogens is 536 g/mol. The molecule has 1 atom stereocenters. The summed E-state index contributed by atoms with van der Waals surface area (Å²) in [5, 5.41) is 9.51. The second kappa shape index (κ2) is 34.4. The van der Waals surface area contributed by atoms with Gasteiger partial charge < -0.3 is 14.6 Å². The number of ether oxygens (including phenoxy) is 2. The molecule has 248 valence electrons. The number of hydrogen-bond donors (Lipinski definition) is 1. The minimum atomic E-state index is -0.782. The van der Waals surface area contributed by atoms with Gasteiger partial charge in [-0.05, 0) is 70.6 Å². The predicted octanol–water partition coefficient (Wildman–Crippen LogP) is 10.7. The van der Waals surface area contributed by atoms with Gasteiger partial charge in [0.15, 0.2) is 6.10 Å². The summed E-state index contributed by atoms with van der Waals surface area (Å²) in [6.07, 6.45) is 41.6. The van der Waals surface area contributed by atoms with Gasteiger partial charge in [-0.15, -0.1) is 0 Å². The fourth-order valence-corrected chi connectivity index (χ4v) is 4.68. The SMILES string of the molecule is CC/C=C\C/C=C\C/C=C\CCCCCCCC(=O)O[C@@H](CO)COC(=O)CCCCCCC/C=C\CCCCCCC. The Balaban J connectivity index is 3.63. The second-order valence-corrected chi connectivity index (χ2v) is 11.6. The number of rotatable bonds is 31. The van der Waals surface area contributed by atoms with Crippen molar-refractivity contribution in [2.45, 2.75) is 168 Å². The molecule has 1 N–H and O–H groups in total. The normalized spacial score (nSPS) is 12.7. The third-order valence-electron chi connectivity index (χ3n) is 7.36. The molecular formula is C38H66O5. The number of aliphatic hydroxyl groups excluding tert-OH is 1. The number of aliphatic hydroxyl groups is 1. The van der Waals surface area contributed by atoms with Crippen molar-refractivity contribution in [1.29, 1.82) is 0 Å². The summed E-state index contributed by atoms with van der Waals surface area (Å²) in [4.78, 5) is 24.1. The summed E-state index contributed by atoms with van der Waals surface area (Å²) in [6.45, 7) is 3.98. The van der Waals surface area contributed by atoms with Gasteiger partial charge in [0.25, 0.3) is 0 Å². The quantitative estimate of drug-likeness (QED) is 0.0485. The fraction of sp³-hybridized carbons (Fsp3) is 0.737. The summed E-state index contributed by atoms with van der Waals surface area (Å²) in [6, 6.07) is 0. The third kappa shape index (κ3) is 32.6. The van der Waals surface area contributed by atoms with Crippen LogP contribution in [-0.4, -0.2) is 36.4 Å². The molecule has 5 heteroatoms. The van der Waals surface area contributed by atoms with Crippen LogP contribution in [0.15, 0.2) is 48.6 Å². The molecule has 0 bridgehead atoms. The first-order chi connectivity index (χ1) is 21.1. The lowest BCUT2D eigenvalue weighted by Crippen LogP contribution is -2.28. The van der Waals surface area contributed by atoms with Gasteiger partial charge in [0, 0.05) is 12.8 Å². The zero-order valence-electron chi connectivity index (χ0n) is 28.0. The van der Waals surface area contributed by atoms with Crippen LogP contribution in [0.25, 0.3) is 0 Å². The molecule has 0 radical (unpaired) electrons. The van der Waals surface area contributed by atoms with Crippen molar-refractivity contribution in [3.05, 3.63) is 48.6 Å². The molecule has 5 nitrogen and oxygen atoms in total. The summed E-state index contributed by atoms with van der Waals surface area (Å²) < 4.78 is 10.5. The van der Waals surface area contributed by atoms with Crippen LogP contribution in [0, 0.1) is 0 Å². The van der Waals surface area contributed by atoms with E-state index in [0.29, 0.717) is 12.8 Å². The molecule has 0 aliphatic rings. The first-order valence-corrected chi connectivity index (χ1v) is 17.7. The number of allylic oxidation sites excluding steroid dienone is 8. The van der Waals surface area contributed by atoms with Crippen molar-refractivity contribution in [2.24, 2.45) is 0 Å². The third-order valence-corrected chi connectivity index (χ3v) is 7.36. The zero-order valence-corrected chi connectivity index (χ0v) is 28.0. The van der Waals surface area contributed by atoms with E-state index in [1.165, 1.54) is 57.8 Å². The van der Waals surface area contributed by atoms with Gasteiger partial charge in [-0.25, -0.2) is 0 Å². The Bertz CT molecular complexity index is 737. The Kier molecular flexibility index (Phi) is 32.6. The highest BCUT2D eigenvalue weighted by atomic mass is 16.6. The molecule has 0 spiro atoms. The van der Waals surface area contributed by atoms with Gasteiger partial charge in [-0.3, -0.25) is 9.59 Å². The lowest BCUT2D eigenvalue weighted by Gasteiger charge is -2.15. The first-order valence-electron chi connectivity index (χ1n) is 17.7. The van der Waals surface area contributed by atoms with Gasteiger partial charge in [0.05, 0.1) is 6.61 Å². The van der Waals surface area contributed by atoms with Gasteiger partial charge in [-0.1, -0.05) is 127 Å². The van der Waals surface area contributed by atoms with E-state index < -0.39 is 6.10 Å². The summed E-state index contributed by atoms with van der Waals surface area (Å²) >= 11 is 0. The van der Waals surface area contributed by atoms with Crippen LogP contribution >= 0.6 is 0 Å². The van der Waals surface area contributed by atoms with Crippen LogP contribution in [0.2, 0.25) is 0 Å². The average molecular weight is 603 g/mol. The van der Waals surface area contributed by atoms with E-state index >= 15 is 0 Å². The van der Waals surface area contributed by atoms with Crippen molar-refractivity contribution >= 4 is 11.9 Å². The molecule has 0 aliphatic carbocycles. The lowest BCUT2D eigenvalue weighted by molar-refractivity contribution is -0.161. The molecule has 0 heterocycles. The Morgan fingerprint density at radius 2 is 1.00 bits per heavy atom. The molecule has 0 unspecified atom stereocenters. The number of hydrogen-bond acceptors (Lipinski definition) is 5. The van der Waals surface area contributed by atoms with Crippen LogP contribution in [-0.2, 0) is 19.1 Å². The smallest absolute Gasteiger partial charge is 0.306 e. The summed E-state index contributed by atoms with van der Waals surface area (Å²) in [7, 11) is 0. The highest BCUT2D eigenvalue weighted by Crippen LogP contribution is 2.11. The average Bonchev–Trinajstić information content (AvgIpc) is 3.01. The number of carbonyl (C=O) groups is 2. The largest absolute Gasteiger partial charge is 0.462 e. The summed E-state index contributed by atoms with van der Waals surface area (Å²) in [5.41, 5.74) is 0. The standard InChI is InChI=1S/C38H66O5/c1-3-5-7-9-11-13-15-17-19-21-23-25-27-29-31-33-38(41)43-36(34-39)35-42-37(40)32-30-28-26-24-22-20-18-16-14-12-10-8-6-4-2/h5,7,11,13,16-19,36,39H,3-4,6,8-10,12,14-15,20-35H2,1-2H3/b7-5-,13-11-,18-16-,19-17-/t36-/m0/s1. The van der Waals surface area contributed by atoms with E-state index in [2.05, 4.69) is 62.5 Å². The van der Waals surface area contributed by atoms with Crippen LogP contribution in [0.1, 0.15) is 162 Å². The van der Waals surface area contributed by atoms with Gasteiger partial charge >= 0.3 is 11.9 Å². The molecule has 0 aromatic rings. The molecule has 0 saturated heterocycles. The zero-order chi connectivity index (χ0) is 31.5. The van der Waals surface area contributed by atoms with E-state index in [1.807, 2.05) is 0 Å². The highest BCUT2D eigenvalue weighted by molar-refractivity contribution is 5.70. The monoisotopic (exact) mass is 602 g/mol. The minimum absolute atomic E-state index is 0.0781. The maximum Gasteiger partial charge on any atom is 0.306 e. The van der Waals surface area contributed by atoms with Crippen molar-refractivity contribution in [1.82, 2.24) is 0 Å². The van der Waals surface area contributed by atoms with Crippen molar-refractivity contribution in [3.8, 4) is 0 Å². The molecule has 0 fully saturated rings. The van der Waals surface area contributed by atoms with Crippen molar-refractivity contribution in [3.63, 3.8) is 0 Å². The van der Waals surface area contributed by atoms with E-state index in [0.717, 1.165) is 77.0 Å². The lowest BCUT2D eigenvalue weighted by atomic mass is 10.1. The maximum atomic E-state index is 12.1. The number of carbonyl (C=O) groups excluding carboxylic acids is 2. The van der Waals surface area contributed by atoms with Gasteiger partial charge in [0.1, 0.15) is 6.61 Å². The molecule has 0 aliphatic heterocycles. The van der Waals surface area contributed by atoms with E-state index in [9.17, 15) is 14.7 Å².